The SMILES string of the molecule is CCOC(=O)CC(O)C(O)c1ccc(C)cn1. The van der Waals surface area contributed by atoms with Crippen LogP contribution in [-0.4, -0.2) is 33.9 Å². The van der Waals surface area contributed by atoms with Crippen molar-refractivity contribution in [3.63, 3.8) is 0 Å². The molecule has 0 spiro atoms. The number of nitrogens with zero attached hydrogens (tertiary/aromatic N) is 1. The molecule has 0 radical (unpaired) electrons. The van der Waals surface area contributed by atoms with E-state index < -0.39 is 18.2 Å². The first kappa shape index (κ1) is 13.6. The Kier molecular flexibility index (Phi) is 5.06. The second-order valence-electron chi connectivity index (χ2n) is 3.78. The standard InChI is InChI=1S/C12H17NO4/c1-3-17-11(15)6-10(14)12(16)9-5-4-8(2)7-13-9/h4-5,7,10,12,14,16H,3,6H2,1-2H3. The first-order chi connectivity index (χ1) is 8.04. The molecule has 0 aromatic carbocycles. The van der Waals surface area contributed by atoms with Crippen LogP contribution in [0.1, 0.15) is 30.7 Å². The molecular formula is C12H17NO4. The highest BCUT2D eigenvalue weighted by molar-refractivity contribution is 5.70. The number of hydrogen-bond donors (Lipinski definition) is 2. The summed E-state index contributed by atoms with van der Waals surface area (Å²) in [6, 6.07) is 3.40. The fourth-order valence-corrected chi connectivity index (χ4v) is 1.35. The molecule has 0 aliphatic rings. The van der Waals surface area contributed by atoms with Gasteiger partial charge < -0.3 is 14.9 Å². The maximum Gasteiger partial charge on any atom is 0.308 e. The van der Waals surface area contributed by atoms with Crippen molar-refractivity contribution in [1.82, 2.24) is 4.98 Å². The molecule has 1 heterocycles. The molecule has 2 atom stereocenters. The van der Waals surface area contributed by atoms with Gasteiger partial charge in [-0.15, -0.1) is 0 Å². The second-order valence-corrected chi connectivity index (χ2v) is 3.78. The lowest BCUT2D eigenvalue weighted by Gasteiger charge is -2.16. The topological polar surface area (TPSA) is 79.7 Å². The maximum absolute atomic E-state index is 11.1. The summed E-state index contributed by atoms with van der Waals surface area (Å²) in [6.45, 7) is 3.81. The van der Waals surface area contributed by atoms with Crippen LogP contribution in [-0.2, 0) is 9.53 Å². The maximum atomic E-state index is 11.1. The lowest BCUT2D eigenvalue weighted by atomic mass is 10.1. The first-order valence-corrected chi connectivity index (χ1v) is 5.49. The van der Waals surface area contributed by atoms with Crippen molar-refractivity contribution in [3.8, 4) is 0 Å². The summed E-state index contributed by atoms with van der Waals surface area (Å²) >= 11 is 0. The summed E-state index contributed by atoms with van der Waals surface area (Å²) in [4.78, 5) is 15.1. The molecule has 2 N–H and O–H groups in total. The predicted molar refractivity (Wildman–Crippen MR) is 61.2 cm³/mol. The number of esters is 1. The molecule has 17 heavy (non-hydrogen) atoms. The van der Waals surface area contributed by atoms with Gasteiger partial charge >= 0.3 is 5.97 Å². The number of pyridine rings is 1. The summed E-state index contributed by atoms with van der Waals surface area (Å²) in [5.74, 6) is -0.536. The lowest BCUT2D eigenvalue weighted by molar-refractivity contribution is -0.147. The Hall–Kier alpha value is -1.46. The minimum Gasteiger partial charge on any atom is -0.466 e. The number of aromatic nitrogens is 1. The molecule has 94 valence electrons. The van der Waals surface area contributed by atoms with Crippen LogP contribution in [0.3, 0.4) is 0 Å². The van der Waals surface area contributed by atoms with Crippen LogP contribution in [0.2, 0.25) is 0 Å². The molecule has 2 unspecified atom stereocenters. The van der Waals surface area contributed by atoms with Crippen molar-refractivity contribution in [3.05, 3.63) is 29.6 Å². The van der Waals surface area contributed by atoms with E-state index >= 15 is 0 Å². The number of carbonyl (C=O) groups excluding carboxylic acids is 1. The molecule has 5 heteroatoms. The molecule has 5 nitrogen and oxygen atoms in total. The number of carbonyl (C=O) groups is 1. The average molecular weight is 239 g/mol. The highest BCUT2D eigenvalue weighted by atomic mass is 16.5. The summed E-state index contributed by atoms with van der Waals surface area (Å²) in [7, 11) is 0. The number of rotatable bonds is 5. The van der Waals surface area contributed by atoms with E-state index in [0.29, 0.717) is 5.69 Å². The van der Waals surface area contributed by atoms with Crippen LogP contribution in [0.4, 0.5) is 0 Å². The largest absolute Gasteiger partial charge is 0.466 e. The van der Waals surface area contributed by atoms with Crippen LogP contribution in [0.15, 0.2) is 18.3 Å². The van der Waals surface area contributed by atoms with E-state index in [1.807, 2.05) is 6.92 Å². The third-order valence-corrected chi connectivity index (χ3v) is 2.28. The van der Waals surface area contributed by atoms with Gasteiger partial charge in [-0.1, -0.05) is 6.07 Å². The third-order valence-electron chi connectivity index (χ3n) is 2.28. The van der Waals surface area contributed by atoms with Gasteiger partial charge in [0.2, 0.25) is 0 Å². The Morgan fingerprint density at radius 1 is 1.47 bits per heavy atom. The van der Waals surface area contributed by atoms with E-state index in [9.17, 15) is 15.0 Å². The molecule has 0 bridgehead atoms. The molecule has 1 rings (SSSR count). The van der Waals surface area contributed by atoms with Crippen LogP contribution < -0.4 is 0 Å². The van der Waals surface area contributed by atoms with Crippen molar-refractivity contribution in [1.29, 1.82) is 0 Å². The number of ether oxygens (including phenoxy) is 1. The highest BCUT2D eigenvalue weighted by Gasteiger charge is 2.22. The number of aliphatic hydroxyl groups is 2. The minimum atomic E-state index is -1.20. The molecule has 1 aromatic heterocycles. The minimum absolute atomic E-state index is 0.245. The third kappa shape index (κ3) is 4.13. The van der Waals surface area contributed by atoms with Gasteiger partial charge in [0.15, 0.2) is 0 Å². The van der Waals surface area contributed by atoms with E-state index in [-0.39, 0.29) is 13.0 Å². The summed E-state index contributed by atoms with van der Waals surface area (Å²) in [6.07, 6.45) is -1.04. The Morgan fingerprint density at radius 3 is 2.71 bits per heavy atom. The van der Waals surface area contributed by atoms with E-state index in [1.165, 1.54) is 0 Å². The molecule has 0 aliphatic carbocycles. The van der Waals surface area contributed by atoms with Gasteiger partial charge in [-0.05, 0) is 25.5 Å². The first-order valence-electron chi connectivity index (χ1n) is 5.49. The lowest BCUT2D eigenvalue weighted by Crippen LogP contribution is -2.23. The highest BCUT2D eigenvalue weighted by Crippen LogP contribution is 2.17. The molecule has 0 fully saturated rings. The van der Waals surface area contributed by atoms with Gasteiger partial charge in [-0.25, -0.2) is 0 Å². The summed E-state index contributed by atoms with van der Waals surface area (Å²) in [5, 5.41) is 19.4. The van der Waals surface area contributed by atoms with Crippen molar-refractivity contribution >= 4 is 5.97 Å². The molecule has 1 aromatic rings. The van der Waals surface area contributed by atoms with Crippen LogP contribution in [0.5, 0.6) is 0 Å². The average Bonchev–Trinajstić information content (AvgIpc) is 2.29. The number of aliphatic hydroxyl groups excluding tert-OH is 2. The van der Waals surface area contributed by atoms with Crippen molar-refractivity contribution in [2.75, 3.05) is 6.61 Å². The quantitative estimate of drug-likeness (QED) is 0.741. The van der Waals surface area contributed by atoms with E-state index in [1.54, 1.807) is 25.3 Å². The zero-order valence-electron chi connectivity index (χ0n) is 9.96. The van der Waals surface area contributed by atoms with Crippen LogP contribution in [0, 0.1) is 6.92 Å². The Bertz CT molecular complexity index is 363. The van der Waals surface area contributed by atoms with Gasteiger partial charge in [0.25, 0.3) is 0 Å². The van der Waals surface area contributed by atoms with Crippen LogP contribution >= 0.6 is 0 Å². The Morgan fingerprint density at radius 2 is 2.18 bits per heavy atom. The van der Waals surface area contributed by atoms with Gasteiger partial charge in [-0.2, -0.15) is 0 Å². The second kappa shape index (κ2) is 6.32. The zero-order valence-corrected chi connectivity index (χ0v) is 9.96. The summed E-state index contributed by atoms with van der Waals surface area (Å²) in [5.41, 5.74) is 1.30. The summed E-state index contributed by atoms with van der Waals surface area (Å²) < 4.78 is 4.69. The Balaban J connectivity index is 2.60. The monoisotopic (exact) mass is 239 g/mol. The molecule has 0 saturated heterocycles. The van der Waals surface area contributed by atoms with Gasteiger partial charge in [-0.3, -0.25) is 9.78 Å². The number of hydrogen-bond acceptors (Lipinski definition) is 5. The smallest absolute Gasteiger partial charge is 0.308 e. The molecular weight excluding hydrogens is 222 g/mol. The van der Waals surface area contributed by atoms with Crippen molar-refractivity contribution < 1.29 is 19.7 Å². The van der Waals surface area contributed by atoms with E-state index in [4.69, 9.17) is 0 Å². The molecule has 0 amide bonds. The van der Waals surface area contributed by atoms with E-state index in [2.05, 4.69) is 9.72 Å². The van der Waals surface area contributed by atoms with Gasteiger partial charge in [0.05, 0.1) is 24.8 Å². The zero-order chi connectivity index (χ0) is 12.8. The molecule has 0 aliphatic heterocycles. The fourth-order valence-electron chi connectivity index (χ4n) is 1.35. The van der Waals surface area contributed by atoms with Crippen LogP contribution in [0.25, 0.3) is 0 Å². The van der Waals surface area contributed by atoms with Crippen molar-refractivity contribution in [2.45, 2.75) is 32.5 Å². The normalized spacial score (nSPS) is 14.1. The van der Waals surface area contributed by atoms with Gasteiger partial charge in [0, 0.05) is 6.20 Å². The fraction of sp³-hybridized carbons (Fsp3) is 0.500. The Labute approximate surface area is 100 Å². The van der Waals surface area contributed by atoms with Crippen molar-refractivity contribution in [2.24, 2.45) is 0 Å². The molecule has 0 saturated carbocycles. The van der Waals surface area contributed by atoms with E-state index in [0.717, 1.165) is 5.56 Å². The van der Waals surface area contributed by atoms with Gasteiger partial charge in [0.1, 0.15) is 6.10 Å². The predicted octanol–water partition coefficient (Wildman–Crippen LogP) is 0.738. The number of aryl methyl sites for hydroxylation is 1.